The van der Waals surface area contributed by atoms with Crippen molar-refractivity contribution in [3.05, 3.63) is 24.3 Å². The predicted molar refractivity (Wildman–Crippen MR) is 67.0 cm³/mol. The van der Waals surface area contributed by atoms with Crippen molar-refractivity contribution in [1.29, 1.82) is 0 Å². The number of nitrogens with two attached hydrogens (primary N) is 1. The first-order valence-electron chi connectivity index (χ1n) is 5.15. The second-order valence-corrected chi connectivity index (χ2v) is 4.59. The van der Waals surface area contributed by atoms with Gasteiger partial charge >= 0.3 is 0 Å². The number of fused-ring (bicyclic) bond motifs is 1. The van der Waals surface area contributed by atoms with Gasteiger partial charge in [0.15, 0.2) is 10.8 Å². The summed E-state index contributed by atoms with van der Waals surface area (Å²) in [6, 6.07) is 0. The second kappa shape index (κ2) is 4.22. The van der Waals surface area contributed by atoms with Gasteiger partial charge in [0, 0.05) is 12.4 Å². The number of H-pyrrole nitrogens is 1. The van der Waals surface area contributed by atoms with Crippen LogP contribution < -0.4 is 5.73 Å². The lowest BCUT2D eigenvalue weighted by Gasteiger charge is -2.01. The molecule has 8 heteroatoms. The maximum atomic E-state index is 5.63. The maximum absolute atomic E-state index is 5.63. The van der Waals surface area contributed by atoms with Gasteiger partial charge in [-0.1, -0.05) is 0 Å². The lowest BCUT2D eigenvalue weighted by atomic mass is 10.4. The molecule has 0 unspecified atom stereocenters. The molecule has 0 saturated heterocycles. The fourth-order valence-electron chi connectivity index (χ4n) is 1.42. The minimum Gasteiger partial charge on any atom is -0.368 e. The fourth-order valence-corrected chi connectivity index (χ4v) is 2.19. The van der Waals surface area contributed by atoms with Crippen LogP contribution in [-0.4, -0.2) is 29.9 Å². The Balaban J connectivity index is 2.03. The molecule has 0 saturated carbocycles. The molecule has 0 bridgehead atoms. The second-order valence-electron chi connectivity index (χ2n) is 3.63. The van der Waals surface area contributed by atoms with E-state index in [2.05, 4.69) is 29.9 Å². The van der Waals surface area contributed by atoms with Gasteiger partial charge in [-0.25, -0.2) is 19.9 Å². The Labute approximate surface area is 106 Å². The number of nitrogens with one attached hydrogen (secondary N) is 1. The Morgan fingerprint density at radius 2 is 1.94 bits per heavy atom. The van der Waals surface area contributed by atoms with E-state index in [-0.39, 0.29) is 5.95 Å². The van der Waals surface area contributed by atoms with Crippen LogP contribution in [0.15, 0.2) is 28.9 Å². The van der Waals surface area contributed by atoms with Gasteiger partial charge in [-0.3, -0.25) is 0 Å². The third-order valence-corrected chi connectivity index (χ3v) is 3.10. The highest BCUT2D eigenvalue weighted by atomic mass is 32.2. The zero-order valence-electron chi connectivity index (χ0n) is 9.45. The number of anilines is 1. The number of imidazole rings is 1. The van der Waals surface area contributed by atoms with Crippen LogP contribution in [0, 0.1) is 6.92 Å². The monoisotopic (exact) mass is 259 g/mol. The Hall–Kier alpha value is -2.22. The highest BCUT2D eigenvalue weighted by Gasteiger charge is 2.11. The van der Waals surface area contributed by atoms with E-state index in [9.17, 15) is 0 Å². The van der Waals surface area contributed by atoms with Gasteiger partial charge in [0.1, 0.15) is 10.5 Å². The summed E-state index contributed by atoms with van der Waals surface area (Å²) < 4.78 is 0. The van der Waals surface area contributed by atoms with E-state index in [1.807, 2.05) is 6.92 Å². The highest BCUT2D eigenvalue weighted by molar-refractivity contribution is 7.99. The molecule has 18 heavy (non-hydrogen) atoms. The number of nitrogen functional groups attached to an aromatic ring is 1. The number of aromatic amines is 1. The number of aromatic nitrogens is 6. The summed E-state index contributed by atoms with van der Waals surface area (Å²) >= 11 is 1.32. The Morgan fingerprint density at radius 1 is 1.17 bits per heavy atom. The molecular weight excluding hydrogens is 250 g/mol. The lowest BCUT2D eigenvalue weighted by molar-refractivity contribution is 0.945. The summed E-state index contributed by atoms with van der Waals surface area (Å²) in [5, 5.41) is 1.27. The fraction of sp³-hybridized carbons (Fsp3) is 0.100. The van der Waals surface area contributed by atoms with Crippen LogP contribution in [0.3, 0.4) is 0 Å². The summed E-state index contributed by atoms with van der Waals surface area (Å²) in [7, 11) is 0. The topological polar surface area (TPSA) is 106 Å². The van der Waals surface area contributed by atoms with Crippen LogP contribution in [0.4, 0.5) is 5.95 Å². The molecule has 0 aliphatic heterocycles. The molecule has 0 fully saturated rings. The quantitative estimate of drug-likeness (QED) is 0.525. The molecule has 3 aromatic rings. The maximum Gasteiger partial charge on any atom is 0.223 e. The number of hydrogen-bond donors (Lipinski definition) is 2. The van der Waals surface area contributed by atoms with Gasteiger partial charge in [-0.05, 0) is 24.2 Å². The van der Waals surface area contributed by atoms with Gasteiger partial charge in [0.25, 0.3) is 0 Å². The first-order valence-corrected chi connectivity index (χ1v) is 5.97. The third kappa shape index (κ3) is 1.97. The summed E-state index contributed by atoms with van der Waals surface area (Å²) in [6.07, 6.45) is 5.06. The Bertz CT molecular complexity index is 691. The Kier molecular flexibility index (Phi) is 2.56. The molecule has 0 radical (unpaired) electrons. The minimum absolute atomic E-state index is 0.184. The minimum atomic E-state index is 0.184. The molecule has 0 spiro atoms. The molecule has 3 N–H and O–H groups in total. The zero-order chi connectivity index (χ0) is 12.5. The SMILES string of the molecule is Cc1cnc(Sc2nc(N)nc3nc[nH]c23)nc1. The van der Waals surface area contributed by atoms with Crippen molar-refractivity contribution in [2.24, 2.45) is 0 Å². The third-order valence-electron chi connectivity index (χ3n) is 2.21. The van der Waals surface area contributed by atoms with Crippen LogP contribution >= 0.6 is 11.8 Å². The molecule has 0 aliphatic carbocycles. The van der Waals surface area contributed by atoms with E-state index in [1.54, 1.807) is 18.7 Å². The van der Waals surface area contributed by atoms with Gasteiger partial charge in [0.05, 0.1) is 6.33 Å². The lowest BCUT2D eigenvalue weighted by Crippen LogP contribution is -1.97. The molecule has 3 heterocycles. The van der Waals surface area contributed by atoms with Crippen molar-refractivity contribution in [2.75, 3.05) is 5.73 Å². The van der Waals surface area contributed by atoms with E-state index < -0.39 is 0 Å². The van der Waals surface area contributed by atoms with E-state index in [1.165, 1.54) is 11.8 Å². The molecule has 0 aromatic carbocycles. The van der Waals surface area contributed by atoms with Gasteiger partial charge < -0.3 is 10.7 Å². The van der Waals surface area contributed by atoms with E-state index in [0.29, 0.717) is 15.8 Å². The van der Waals surface area contributed by atoms with Gasteiger partial charge in [0.2, 0.25) is 5.95 Å². The first-order chi connectivity index (χ1) is 8.72. The molecule has 0 atom stereocenters. The van der Waals surface area contributed by atoms with Crippen molar-refractivity contribution < 1.29 is 0 Å². The average molecular weight is 259 g/mol. The van der Waals surface area contributed by atoms with E-state index in [0.717, 1.165) is 11.1 Å². The summed E-state index contributed by atoms with van der Waals surface area (Å²) in [5.41, 5.74) is 7.91. The molecule has 90 valence electrons. The number of nitrogens with zero attached hydrogens (tertiary/aromatic N) is 5. The van der Waals surface area contributed by atoms with Gasteiger partial charge in [-0.2, -0.15) is 4.98 Å². The molecular formula is C10H9N7S. The standard InChI is InChI=1S/C10H9N7S/c1-5-2-12-10(13-3-5)18-8-6-7(15-4-14-6)16-9(11)17-8/h2-4H,1H3,(H3,11,14,15,16,17). The van der Waals surface area contributed by atoms with Crippen molar-refractivity contribution in [2.45, 2.75) is 17.1 Å². The number of rotatable bonds is 2. The van der Waals surface area contributed by atoms with Crippen LogP contribution in [-0.2, 0) is 0 Å². The molecule has 3 aromatic heterocycles. The summed E-state index contributed by atoms with van der Waals surface area (Å²) in [6.45, 7) is 1.93. The van der Waals surface area contributed by atoms with Crippen LogP contribution in [0.5, 0.6) is 0 Å². The van der Waals surface area contributed by atoms with Crippen LogP contribution in [0.25, 0.3) is 11.2 Å². The van der Waals surface area contributed by atoms with Crippen LogP contribution in [0.2, 0.25) is 0 Å². The largest absolute Gasteiger partial charge is 0.368 e. The highest BCUT2D eigenvalue weighted by Crippen LogP contribution is 2.27. The van der Waals surface area contributed by atoms with Gasteiger partial charge in [-0.15, -0.1) is 0 Å². The van der Waals surface area contributed by atoms with Crippen molar-refractivity contribution in [1.82, 2.24) is 29.9 Å². The van der Waals surface area contributed by atoms with Crippen molar-refractivity contribution in [3.63, 3.8) is 0 Å². The average Bonchev–Trinajstić information content (AvgIpc) is 2.80. The summed E-state index contributed by atoms with van der Waals surface area (Å²) in [5.74, 6) is 0.184. The van der Waals surface area contributed by atoms with E-state index >= 15 is 0 Å². The molecule has 3 rings (SSSR count). The number of aryl methyl sites for hydroxylation is 1. The Morgan fingerprint density at radius 3 is 2.72 bits per heavy atom. The molecule has 0 amide bonds. The van der Waals surface area contributed by atoms with E-state index in [4.69, 9.17) is 5.73 Å². The smallest absolute Gasteiger partial charge is 0.223 e. The summed E-state index contributed by atoms with van der Waals surface area (Å²) in [4.78, 5) is 23.6. The molecule has 7 nitrogen and oxygen atoms in total. The van der Waals surface area contributed by atoms with Crippen molar-refractivity contribution >= 4 is 28.9 Å². The number of hydrogen-bond acceptors (Lipinski definition) is 7. The van der Waals surface area contributed by atoms with Crippen molar-refractivity contribution in [3.8, 4) is 0 Å². The van der Waals surface area contributed by atoms with Crippen LogP contribution in [0.1, 0.15) is 5.56 Å². The zero-order valence-corrected chi connectivity index (χ0v) is 10.3. The molecule has 0 aliphatic rings. The predicted octanol–water partition coefficient (Wildman–Crippen LogP) is 1.18. The first kappa shape index (κ1) is 10.9. The normalized spacial score (nSPS) is 10.9.